The van der Waals surface area contributed by atoms with Crippen LogP contribution in [0.4, 0.5) is 15.9 Å². The summed E-state index contributed by atoms with van der Waals surface area (Å²) in [5, 5.41) is 2.58. The Morgan fingerprint density at radius 2 is 1.82 bits per heavy atom. The number of nitrogens with one attached hydrogen (secondary N) is 1. The van der Waals surface area contributed by atoms with Gasteiger partial charge < -0.3 is 20.9 Å². The van der Waals surface area contributed by atoms with E-state index in [1.165, 1.54) is 23.2 Å². The minimum absolute atomic E-state index is 0.0575. The molecule has 1 saturated heterocycles. The lowest BCUT2D eigenvalue weighted by Crippen LogP contribution is -2.59. The fourth-order valence-electron chi connectivity index (χ4n) is 4.17. The van der Waals surface area contributed by atoms with Crippen molar-refractivity contribution in [3.8, 4) is 0 Å². The number of piperazine rings is 1. The number of carbonyl (C=O) groups is 3. The average molecular weight is 454 g/mol. The molecular weight excluding hydrogens is 425 g/mol. The van der Waals surface area contributed by atoms with Crippen molar-refractivity contribution >= 4 is 29.2 Å². The zero-order valence-corrected chi connectivity index (χ0v) is 19.0. The van der Waals surface area contributed by atoms with Gasteiger partial charge in [0, 0.05) is 24.5 Å². The predicted octanol–water partition coefficient (Wildman–Crippen LogP) is 2.65. The Morgan fingerprint density at radius 1 is 1.15 bits per heavy atom. The zero-order chi connectivity index (χ0) is 23.9. The number of rotatable bonds is 3. The Kier molecular flexibility index (Phi) is 5.82. The van der Waals surface area contributed by atoms with Crippen molar-refractivity contribution in [1.82, 2.24) is 14.8 Å². The number of nitrogens with two attached hydrogens (primary N) is 1. The number of pyridine rings is 1. The third-order valence-corrected chi connectivity index (χ3v) is 6.60. The molecule has 2 aromatic rings. The van der Waals surface area contributed by atoms with Gasteiger partial charge in [-0.3, -0.25) is 14.4 Å². The Balaban J connectivity index is 1.59. The van der Waals surface area contributed by atoms with Crippen molar-refractivity contribution in [2.45, 2.75) is 45.7 Å². The molecule has 2 unspecified atom stereocenters. The van der Waals surface area contributed by atoms with Crippen LogP contribution in [-0.2, 0) is 14.4 Å². The molecule has 1 aromatic carbocycles. The van der Waals surface area contributed by atoms with Crippen molar-refractivity contribution in [3.63, 3.8) is 0 Å². The van der Waals surface area contributed by atoms with E-state index in [0.29, 0.717) is 22.6 Å². The van der Waals surface area contributed by atoms with Gasteiger partial charge in [-0.25, -0.2) is 9.37 Å². The van der Waals surface area contributed by atoms with Gasteiger partial charge in [0.1, 0.15) is 11.6 Å². The summed E-state index contributed by atoms with van der Waals surface area (Å²) in [4.78, 5) is 46.4. The summed E-state index contributed by atoms with van der Waals surface area (Å²) < 4.78 is 13.5. The molecule has 2 heterocycles. The molecule has 4 rings (SSSR count). The average Bonchev–Trinajstić information content (AvgIpc) is 3.54. The van der Waals surface area contributed by atoms with Crippen LogP contribution in [0.25, 0.3) is 0 Å². The molecule has 174 valence electrons. The number of nitrogen functional groups attached to an aromatic ring is 1. The zero-order valence-electron chi connectivity index (χ0n) is 19.0. The maximum atomic E-state index is 13.5. The van der Waals surface area contributed by atoms with E-state index < -0.39 is 23.7 Å². The third kappa shape index (κ3) is 4.53. The van der Waals surface area contributed by atoms with E-state index >= 15 is 0 Å². The summed E-state index contributed by atoms with van der Waals surface area (Å²) in [5.74, 6) is -1.54. The van der Waals surface area contributed by atoms with Crippen LogP contribution in [-0.4, -0.2) is 51.6 Å². The van der Waals surface area contributed by atoms with Gasteiger partial charge in [0.15, 0.2) is 0 Å². The third-order valence-electron chi connectivity index (χ3n) is 6.60. The van der Waals surface area contributed by atoms with E-state index in [9.17, 15) is 18.8 Å². The lowest BCUT2D eigenvalue weighted by molar-refractivity contribution is -0.153. The van der Waals surface area contributed by atoms with E-state index in [1.54, 1.807) is 30.0 Å². The number of nitrogens with zero attached hydrogens (tertiary/aromatic N) is 3. The van der Waals surface area contributed by atoms with E-state index in [0.717, 1.165) is 12.8 Å². The second kappa shape index (κ2) is 8.46. The van der Waals surface area contributed by atoms with Crippen LogP contribution in [0, 0.1) is 18.2 Å². The first-order chi connectivity index (χ1) is 15.6. The molecule has 9 heteroatoms. The number of hydrogen-bond acceptors (Lipinski definition) is 5. The fourth-order valence-corrected chi connectivity index (χ4v) is 4.17. The van der Waals surface area contributed by atoms with Gasteiger partial charge >= 0.3 is 11.8 Å². The van der Waals surface area contributed by atoms with Gasteiger partial charge in [-0.15, -0.1) is 0 Å². The van der Waals surface area contributed by atoms with Crippen molar-refractivity contribution < 1.29 is 18.8 Å². The first-order valence-electron chi connectivity index (χ1n) is 11.0. The van der Waals surface area contributed by atoms with Crippen molar-refractivity contribution in [2.75, 3.05) is 24.1 Å². The molecule has 33 heavy (non-hydrogen) atoms. The number of amides is 3. The number of anilines is 2. The van der Waals surface area contributed by atoms with Crippen LogP contribution >= 0.6 is 0 Å². The molecule has 1 aromatic heterocycles. The summed E-state index contributed by atoms with van der Waals surface area (Å²) >= 11 is 0. The lowest BCUT2D eigenvalue weighted by Gasteiger charge is -2.46. The standard InChI is InChI=1S/C24H28FN5O3/c1-14-10-18(11-27-20(14)26)28-21(31)22(32)30-12-15(2)29(23(33)24(3)8-9-24)13-19(30)16-4-6-17(25)7-5-16/h4-7,10-11,15,19H,8-9,12-13H2,1-3H3,(H2,26,27)(H,28,31). The van der Waals surface area contributed by atoms with Gasteiger partial charge in [-0.2, -0.15) is 0 Å². The summed E-state index contributed by atoms with van der Waals surface area (Å²) in [5.41, 5.74) is 7.07. The molecular formula is C24H28FN5O3. The smallest absolute Gasteiger partial charge is 0.313 e. The fraction of sp³-hybridized carbons (Fsp3) is 0.417. The maximum absolute atomic E-state index is 13.5. The van der Waals surface area contributed by atoms with Crippen LogP contribution in [0.5, 0.6) is 0 Å². The molecule has 1 aliphatic carbocycles. The van der Waals surface area contributed by atoms with E-state index in [1.807, 2.05) is 13.8 Å². The van der Waals surface area contributed by atoms with Crippen molar-refractivity contribution in [1.29, 1.82) is 0 Å². The van der Waals surface area contributed by atoms with Gasteiger partial charge in [0.05, 0.1) is 17.9 Å². The number of aryl methyl sites for hydroxylation is 1. The molecule has 8 nitrogen and oxygen atoms in total. The minimum Gasteiger partial charge on any atom is -0.383 e. The Labute approximate surface area is 192 Å². The van der Waals surface area contributed by atoms with E-state index in [-0.39, 0.29) is 30.5 Å². The summed E-state index contributed by atoms with van der Waals surface area (Å²) in [6.45, 7) is 6.00. The number of benzene rings is 1. The van der Waals surface area contributed by atoms with Gasteiger partial charge in [-0.1, -0.05) is 19.1 Å². The quantitative estimate of drug-likeness (QED) is 0.695. The molecule has 2 fully saturated rings. The SMILES string of the molecule is Cc1cc(NC(=O)C(=O)N2CC(C)N(C(=O)C3(C)CC3)CC2c2ccc(F)cc2)cnc1N. The Bertz CT molecular complexity index is 1100. The molecule has 1 saturated carbocycles. The van der Waals surface area contributed by atoms with Crippen LogP contribution in [0.3, 0.4) is 0 Å². The second-order valence-corrected chi connectivity index (χ2v) is 9.27. The largest absolute Gasteiger partial charge is 0.383 e. The van der Waals surface area contributed by atoms with Gasteiger partial charge in [-0.05, 0) is 56.0 Å². The Morgan fingerprint density at radius 3 is 2.42 bits per heavy atom. The minimum atomic E-state index is -0.811. The van der Waals surface area contributed by atoms with E-state index in [4.69, 9.17) is 5.73 Å². The highest BCUT2D eigenvalue weighted by Gasteiger charge is 2.50. The molecule has 0 spiro atoms. The second-order valence-electron chi connectivity index (χ2n) is 9.27. The molecule has 2 atom stereocenters. The first-order valence-corrected chi connectivity index (χ1v) is 11.0. The molecule has 3 amide bonds. The summed E-state index contributed by atoms with van der Waals surface area (Å²) in [7, 11) is 0. The van der Waals surface area contributed by atoms with Crippen LogP contribution in [0.2, 0.25) is 0 Å². The predicted molar refractivity (Wildman–Crippen MR) is 121 cm³/mol. The maximum Gasteiger partial charge on any atom is 0.313 e. The summed E-state index contributed by atoms with van der Waals surface area (Å²) in [6.07, 6.45) is 3.08. The summed E-state index contributed by atoms with van der Waals surface area (Å²) in [6, 6.07) is 6.61. The van der Waals surface area contributed by atoms with E-state index in [2.05, 4.69) is 10.3 Å². The Hall–Kier alpha value is -3.49. The van der Waals surface area contributed by atoms with Crippen LogP contribution in [0.15, 0.2) is 36.5 Å². The number of halogens is 1. The highest BCUT2D eigenvalue weighted by molar-refractivity contribution is 6.39. The monoisotopic (exact) mass is 453 g/mol. The van der Waals surface area contributed by atoms with Crippen LogP contribution in [0.1, 0.15) is 43.9 Å². The normalized spacial score (nSPS) is 21.5. The number of hydrogen-bond donors (Lipinski definition) is 2. The van der Waals surface area contributed by atoms with Crippen molar-refractivity contribution in [2.24, 2.45) is 5.41 Å². The highest BCUT2D eigenvalue weighted by Crippen LogP contribution is 2.47. The molecule has 2 aliphatic rings. The number of carbonyl (C=O) groups excluding carboxylic acids is 3. The first kappa shape index (κ1) is 22.7. The topological polar surface area (TPSA) is 109 Å². The molecule has 0 radical (unpaired) electrons. The van der Waals surface area contributed by atoms with Crippen molar-refractivity contribution in [3.05, 3.63) is 53.5 Å². The highest BCUT2D eigenvalue weighted by atomic mass is 19.1. The molecule has 1 aliphatic heterocycles. The van der Waals surface area contributed by atoms with Crippen LogP contribution < -0.4 is 11.1 Å². The lowest BCUT2D eigenvalue weighted by atomic mass is 9.97. The number of aromatic nitrogens is 1. The van der Waals surface area contributed by atoms with Gasteiger partial charge in [0.25, 0.3) is 0 Å². The molecule has 3 N–H and O–H groups in total. The molecule has 0 bridgehead atoms. The van der Waals surface area contributed by atoms with Gasteiger partial charge in [0.2, 0.25) is 5.91 Å².